The number of benzene rings is 6. The van der Waals surface area contributed by atoms with Crippen LogP contribution in [0.3, 0.4) is 0 Å². The summed E-state index contributed by atoms with van der Waals surface area (Å²) in [5.41, 5.74) is 8.76. The van der Waals surface area contributed by atoms with E-state index in [9.17, 15) is 0 Å². The lowest BCUT2D eigenvalue weighted by Crippen LogP contribution is -2.03. The van der Waals surface area contributed by atoms with Crippen LogP contribution in [-0.2, 0) is 0 Å². The maximum atomic E-state index is 5.01. The first-order valence-corrected chi connectivity index (χ1v) is 17.8. The predicted molar refractivity (Wildman–Crippen MR) is 210 cm³/mol. The van der Waals surface area contributed by atoms with Crippen molar-refractivity contribution in [1.82, 2.24) is 19.5 Å². The first-order chi connectivity index (χ1) is 24.8. The Labute approximate surface area is 293 Å². The third-order valence-corrected chi connectivity index (χ3v) is 10.9. The van der Waals surface area contributed by atoms with Gasteiger partial charge >= 0.3 is 0 Å². The summed E-state index contributed by atoms with van der Waals surface area (Å²) in [6.07, 6.45) is 8.56. The highest BCUT2D eigenvalue weighted by atomic mass is 32.1. The molecule has 0 radical (unpaired) electrons. The van der Waals surface area contributed by atoms with Gasteiger partial charge in [0.2, 0.25) is 0 Å². The third-order valence-electron chi connectivity index (χ3n) is 9.66. The van der Waals surface area contributed by atoms with Gasteiger partial charge < -0.3 is 4.57 Å². The molecular formula is C45H30N4S. The molecule has 0 saturated carbocycles. The third kappa shape index (κ3) is 4.78. The minimum absolute atomic E-state index is 0.668. The molecule has 0 spiro atoms. The van der Waals surface area contributed by atoms with Crippen molar-refractivity contribution in [3.8, 4) is 39.6 Å². The Bertz CT molecular complexity index is 2820. The van der Waals surface area contributed by atoms with E-state index < -0.39 is 0 Å². The van der Waals surface area contributed by atoms with Crippen LogP contribution < -0.4 is 0 Å². The lowest BCUT2D eigenvalue weighted by atomic mass is 10.0. The summed E-state index contributed by atoms with van der Waals surface area (Å²) in [5, 5.41) is 5.23. The average Bonchev–Trinajstić information content (AvgIpc) is 3.74. The van der Waals surface area contributed by atoms with Crippen molar-refractivity contribution in [3.05, 3.63) is 164 Å². The van der Waals surface area contributed by atoms with Gasteiger partial charge in [-0.15, -0.1) is 11.3 Å². The molecule has 0 unspecified atom stereocenters. The fourth-order valence-electron chi connectivity index (χ4n) is 7.31. The number of aromatic nitrogens is 4. The van der Waals surface area contributed by atoms with Crippen molar-refractivity contribution < 1.29 is 0 Å². The molecule has 0 aliphatic heterocycles. The topological polar surface area (TPSA) is 43.6 Å². The number of fused-ring (bicyclic) bond motifs is 7. The van der Waals surface area contributed by atoms with E-state index in [0.717, 1.165) is 46.4 Å². The summed E-state index contributed by atoms with van der Waals surface area (Å²) in [7, 11) is 0. The summed E-state index contributed by atoms with van der Waals surface area (Å²) in [4.78, 5) is 14.9. The smallest absolute Gasteiger partial charge is 0.164 e. The molecule has 1 aliphatic carbocycles. The fourth-order valence-corrected chi connectivity index (χ4v) is 8.56. The van der Waals surface area contributed by atoms with E-state index in [0.29, 0.717) is 17.5 Å². The van der Waals surface area contributed by atoms with Crippen LogP contribution in [0.5, 0.6) is 0 Å². The molecule has 3 aromatic heterocycles. The SMILES string of the molecule is C1=CC(c2nc(-c3ccccc3)nc(-c3cccc(-c4cccc(-n5c6ccccc6c6c7sc8ccccc8c7ccc65)c4)c3)n2)=CCC1. The highest BCUT2D eigenvalue weighted by molar-refractivity contribution is 7.26. The molecular weight excluding hydrogens is 629 g/mol. The minimum Gasteiger partial charge on any atom is -0.309 e. The number of para-hydroxylation sites is 1. The molecule has 5 heteroatoms. The van der Waals surface area contributed by atoms with Crippen LogP contribution in [0.4, 0.5) is 0 Å². The summed E-state index contributed by atoms with van der Waals surface area (Å²) < 4.78 is 5.08. The largest absolute Gasteiger partial charge is 0.309 e. The normalized spacial score (nSPS) is 13.1. The first-order valence-electron chi connectivity index (χ1n) is 17.0. The fraction of sp³-hybridized carbons (Fsp3) is 0.0444. The van der Waals surface area contributed by atoms with E-state index >= 15 is 0 Å². The van der Waals surface area contributed by atoms with E-state index in [1.54, 1.807) is 0 Å². The Kier molecular flexibility index (Phi) is 6.78. The Morgan fingerprint density at radius 1 is 0.500 bits per heavy atom. The summed E-state index contributed by atoms with van der Waals surface area (Å²) in [6, 6.07) is 49.7. The molecule has 0 saturated heterocycles. The predicted octanol–water partition coefficient (Wildman–Crippen LogP) is 12.1. The van der Waals surface area contributed by atoms with Gasteiger partial charge in [0.05, 0.1) is 11.0 Å². The first kappa shape index (κ1) is 28.8. The summed E-state index contributed by atoms with van der Waals surface area (Å²) in [6.45, 7) is 0. The zero-order valence-electron chi connectivity index (χ0n) is 27.1. The van der Waals surface area contributed by atoms with Crippen LogP contribution in [0.1, 0.15) is 18.7 Å². The van der Waals surface area contributed by atoms with Crippen LogP contribution in [0.25, 0.3) is 87.1 Å². The molecule has 236 valence electrons. The molecule has 0 bridgehead atoms. The standard InChI is InChI=1S/C45H30N4S/c1-3-13-29(14-4-1)43-46-44(30-15-5-2-6-16-30)48-45(47-43)33-19-11-17-31(27-33)32-18-12-20-34(28-32)49-38-23-9-7-22-37(38)41-39(49)26-25-36-35-21-8-10-24-40(35)50-42(36)41/h1,3-5,7-28H,2,6H2. The number of rotatable bonds is 5. The van der Waals surface area contributed by atoms with Crippen LogP contribution in [0.2, 0.25) is 0 Å². The van der Waals surface area contributed by atoms with Crippen LogP contribution >= 0.6 is 11.3 Å². The Morgan fingerprint density at radius 2 is 1.20 bits per heavy atom. The lowest BCUT2D eigenvalue weighted by Gasteiger charge is -2.12. The molecule has 6 aromatic carbocycles. The van der Waals surface area contributed by atoms with Crippen LogP contribution in [0, 0.1) is 0 Å². The second-order valence-corrected chi connectivity index (χ2v) is 13.8. The van der Waals surface area contributed by atoms with E-state index in [-0.39, 0.29) is 0 Å². The number of hydrogen-bond acceptors (Lipinski definition) is 4. The Morgan fingerprint density at radius 3 is 2.06 bits per heavy atom. The molecule has 0 fully saturated rings. The van der Waals surface area contributed by atoms with E-state index in [4.69, 9.17) is 15.0 Å². The highest BCUT2D eigenvalue weighted by Gasteiger charge is 2.18. The second-order valence-electron chi connectivity index (χ2n) is 12.7. The van der Waals surface area contributed by atoms with Gasteiger partial charge in [-0.3, -0.25) is 0 Å². The van der Waals surface area contributed by atoms with Gasteiger partial charge in [-0.2, -0.15) is 0 Å². The van der Waals surface area contributed by atoms with Gasteiger partial charge in [0.1, 0.15) is 0 Å². The quantitative estimate of drug-likeness (QED) is 0.185. The van der Waals surface area contributed by atoms with E-state index in [2.05, 4.69) is 144 Å². The number of hydrogen-bond donors (Lipinski definition) is 0. The molecule has 1 aliphatic rings. The Balaban J connectivity index is 1.11. The molecule has 10 rings (SSSR count). The van der Waals surface area contributed by atoms with Gasteiger partial charge in [-0.05, 0) is 60.4 Å². The molecule has 0 amide bonds. The molecule has 0 N–H and O–H groups in total. The summed E-state index contributed by atoms with van der Waals surface area (Å²) >= 11 is 1.89. The number of nitrogens with zero attached hydrogens (tertiary/aromatic N) is 4. The molecule has 0 atom stereocenters. The lowest BCUT2D eigenvalue weighted by molar-refractivity contribution is 1.01. The maximum absolute atomic E-state index is 5.01. The van der Waals surface area contributed by atoms with Gasteiger partial charge in [0.25, 0.3) is 0 Å². The van der Waals surface area contributed by atoms with Crippen molar-refractivity contribution >= 4 is 58.9 Å². The van der Waals surface area contributed by atoms with Crippen LogP contribution in [-0.4, -0.2) is 19.5 Å². The van der Waals surface area contributed by atoms with Crippen LogP contribution in [0.15, 0.2) is 158 Å². The van der Waals surface area contributed by atoms with Crippen molar-refractivity contribution in [2.24, 2.45) is 0 Å². The highest BCUT2D eigenvalue weighted by Crippen LogP contribution is 2.43. The van der Waals surface area contributed by atoms with Crippen molar-refractivity contribution in [1.29, 1.82) is 0 Å². The molecule has 4 nitrogen and oxygen atoms in total. The van der Waals surface area contributed by atoms with Crippen molar-refractivity contribution in [3.63, 3.8) is 0 Å². The van der Waals surface area contributed by atoms with Crippen molar-refractivity contribution in [2.75, 3.05) is 0 Å². The molecule has 50 heavy (non-hydrogen) atoms. The summed E-state index contributed by atoms with van der Waals surface area (Å²) in [5.74, 6) is 2.05. The average molecular weight is 659 g/mol. The van der Waals surface area contributed by atoms with Gasteiger partial charge in [-0.25, -0.2) is 15.0 Å². The van der Waals surface area contributed by atoms with E-state index in [1.165, 1.54) is 42.0 Å². The van der Waals surface area contributed by atoms with Gasteiger partial charge in [0.15, 0.2) is 17.5 Å². The minimum atomic E-state index is 0.668. The Hall–Kier alpha value is -6.17. The van der Waals surface area contributed by atoms with Gasteiger partial charge in [-0.1, -0.05) is 121 Å². The monoisotopic (exact) mass is 658 g/mol. The number of allylic oxidation sites excluding steroid dienone is 4. The molecule has 3 heterocycles. The zero-order chi connectivity index (χ0) is 33.0. The molecule has 9 aromatic rings. The zero-order valence-corrected chi connectivity index (χ0v) is 27.9. The number of thiophene rings is 1. The second kappa shape index (κ2) is 11.8. The van der Waals surface area contributed by atoms with Gasteiger partial charge in [0, 0.05) is 53.3 Å². The maximum Gasteiger partial charge on any atom is 0.164 e. The van der Waals surface area contributed by atoms with E-state index in [1.807, 2.05) is 29.5 Å². The van der Waals surface area contributed by atoms with Crippen molar-refractivity contribution in [2.45, 2.75) is 12.8 Å².